The molecule has 3 heterocycles. The number of rotatable bonds is 5. The molecule has 5 aromatic rings. The number of thioether (sulfide) groups is 1. The van der Waals surface area contributed by atoms with Crippen molar-refractivity contribution < 1.29 is 4.52 Å². The molecule has 6 nitrogen and oxygen atoms in total. The Labute approximate surface area is 184 Å². The zero-order valence-electron chi connectivity index (χ0n) is 15.4. The van der Waals surface area contributed by atoms with Crippen LogP contribution in [0, 0.1) is 0 Å². The summed E-state index contributed by atoms with van der Waals surface area (Å²) in [4.78, 5) is 23.4. The molecule has 148 valence electrons. The van der Waals surface area contributed by atoms with Gasteiger partial charge in [-0.05, 0) is 35.7 Å². The van der Waals surface area contributed by atoms with Gasteiger partial charge >= 0.3 is 0 Å². The number of nitrogens with zero attached hydrogens (tertiary/aromatic N) is 4. The second kappa shape index (κ2) is 8.06. The number of benzene rings is 2. The van der Waals surface area contributed by atoms with Crippen LogP contribution >= 0.6 is 34.7 Å². The van der Waals surface area contributed by atoms with Crippen LogP contribution in [0.3, 0.4) is 0 Å². The Morgan fingerprint density at radius 2 is 1.87 bits per heavy atom. The summed E-state index contributed by atoms with van der Waals surface area (Å²) >= 11 is 9.28. The second-order valence-corrected chi connectivity index (χ2v) is 8.58. The van der Waals surface area contributed by atoms with E-state index in [1.54, 1.807) is 29.5 Å². The molecular weight excluding hydrogens is 440 g/mol. The van der Waals surface area contributed by atoms with E-state index in [2.05, 4.69) is 10.1 Å². The highest BCUT2D eigenvalue weighted by atomic mass is 35.5. The van der Waals surface area contributed by atoms with E-state index in [4.69, 9.17) is 21.1 Å². The van der Waals surface area contributed by atoms with Crippen LogP contribution in [0.25, 0.3) is 27.3 Å². The number of halogens is 1. The average Bonchev–Trinajstić information content (AvgIpc) is 3.45. The highest BCUT2D eigenvalue weighted by Gasteiger charge is 2.17. The van der Waals surface area contributed by atoms with Crippen molar-refractivity contribution in [1.29, 1.82) is 0 Å². The third kappa shape index (κ3) is 3.54. The van der Waals surface area contributed by atoms with Crippen LogP contribution in [-0.4, -0.2) is 19.7 Å². The van der Waals surface area contributed by atoms with Crippen molar-refractivity contribution in [3.05, 3.63) is 87.3 Å². The van der Waals surface area contributed by atoms with Crippen molar-refractivity contribution in [3.8, 4) is 16.4 Å². The van der Waals surface area contributed by atoms with Crippen molar-refractivity contribution in [1.82, 2.24) is 19.7 Å². The van der Waals surface area contributed by atoms with Gasteiger partial charge in [0.15, 0.2) is 5.16 Å². The van der Waals surface area contributed by atoms with E-state index in [-0.39, 0.29) is 5.56 Å². The molecule has 0 aliphatic carbocycles. The zero-order valence-corrected chi connectivity index (χ0v) is 17.7. The molecular formula is C21H13ClN4O2S2. The van der Waals surface area contributed by atoms with E-state index in [1.165, 1.54) is 16.3 Å². The highest BCUT2D eigenvalue weighted by molar-refractivity contribution is 7.98. The van der Waals surface area contributed by atoms with E-state index < -0.39 is 0 Å². The van der Waals surface area contributed by atoms with Crippen molar-refractivity contribution in [2.75, 3.05) is 0 Å². The topological polar surface area (TPSA) is 73.8 Å². The summed E-state index contributed by atoms with van der Waals surface area (Å²) in [5.74, 6) is 1.38. The molecule has 30 heavy (non-hydrogen) atoms. The summed E-state index contributed by atoms with van der Waals surface area (Å²) in [6.07, 6.45) is 0. The summed E-state index contributed by atoms with van der Waals surface area (Å²) in [5, 5.41) is 7.49. The quantitative estimate of drug-likeness (QED) is 0.261. The minimum Gasteiger partial charge on any atom is -0.338 e. The number of hydrogen-bond donors (Lipinski definition) is 0. The minimum absolute atomic E-state index is 0.180. The molecule has 0 amide bonds. The van der Waals surface area contributed by atoms with Crippen LogP contribution in [0.5, 0.6) is 0 Å². The normalized spacial score (nSPS) is 11.2. The largest absolute Gasteiger partial charge is 0.338 e. The Hall–Kier alpha value is -2.94. The van der Waals surface area contributed by atoms with Crippen LogP contribution in [-0.2, 0) is 5.75 Å². The van der Waals surface area contributed by atoms with Gasteiger partial charge in [-0.2, -0.15) is 4.98 Å². The van der Waals surface area contributed by atoms with Gasteiger partial charge in [0.2, 0.25) is 11.7 Å². The summed E-state index contributed by atoms with van der Waals surface area (Å²) in [6.45, 7) is 0. The third-order valence-corrected chi connectivity index (χ3v) is 6.48. The summed E-state index contributed by atoms with van der Waals surface area (Å²) in [6, 6.07) is 18.3. The average molecular weight is 453 g/mol. The molecule has 0 radical (unpaired) electrons. The fraction of sp³-hybridized carbons (Fsp3) is 0.0476. The van der Waals surface area contributed by atoms with Gasteiger partial charge in [0.1, 0.15) is 0 Å². The maximum atomic E-state index is 13.3. The maximum Gasteiger partial charge on any atom is 0.266 e. The molecule has 9 heteroatoms. The predicted molar refractivity (Wildman–Crippen MR) is 120 cm³/mol. The molecule has 0 saturated heterocycles. The highest BCUT2D eigenvalue weighted by Crippen LogP contribution is 2.28. The Balaban J connectivity index is 1.56. The number of aromatic nitrogens is 4. The van der Waals surface area contributed by atoms with Gasteiger partial charge in [-0.3, -0.25) is 9.36 Å². The number of hydrogen-bond acceptors (Lipinski definition) is 7. The van der Waals surface area contributed by atoms with Gasteiger partial charge < -0.3 is 4.52 Å². The first-order chi connectivity index (χ1) is 14.7. The Bertz CT molecular complexity index is 1400. The van der Waals surface area contributed by atoms with E-state index in [9.17, 15) is 4.79 Å². The number of thiophene rings is 1. The van der Waals surface area contributed by atoms with Gasteiger partial charge in [0.25, 0.3) is 5.56 Å². The Morgan fingerprint density at radius 1 is 1.03 bits per heavy atom. The smallest absolute Gasteiger partial charge is 0.266 e. The van der Waals surface area contributed by atoms with E-state index in [0.717, 1.165) is 4.88 Å². The molecule has 0 bridgehead atoms. The molecule has 0 aliphatic heterocycles. The summed E-state index contributed by atoms with van der Waals surface area (Å²) in [5.41, 5.74) is 1.02. The molecule has 2 aromatic carbocycles. The van der Waals surface area contributed by atoms with E-state index in [1.807, 2.05) is 47.8 Å². The predicted octanol–water partition coefficient (Wildman–Crippen LogP) is 5.44. The molecule has 3 aromatic heterocycles. The van der Waals surface area contributed by atoms with Crippen LogP contribution in [0.1, 0.15) is 5.89 Å². The van der Waals surface area contributed by atoms with Crippen LogP contribution in [0.4, 0.5) is 0 Å². The first-order valence-corrected chi connectivity index (χ1v) is 11.2. The SMILES string of the molecule is O=c1c2ccccc2nc(SCc2nc(-c3cccs3)no2)n1-c1ccccc1Cl. The molecule has 5 rings (SSSR count). The molecule has 0 fully saturated rings. The van der Waals surface area contributed by atoms with Crippen LogP contribution < -0.4 is 5.56 Å². The van der Waals surface area contributed by atoms with Gasteiger partial charge in [0, 0.05) is 0 Å². The van der Waals surface area contributed by atoms with Gasteiger partial charge in [0.05, 0.1) is 32.2 Å². The van der Waals surface area contributed by atoms with E-state index in [0.29, 0.717) is 44.2 Å². The van der Waals surface area contributed by atoms with Crippen molar-refractivity contribution in [2.24, 2.45) is 0 Å². The molecule has 0 aliphatic rings. The van der Waals surface area contributed by atoms with Gasteiger partial charge in [-0.25, -0.2) is 4.98 Å². The summed E-state index contributed by atoms with van der Waals surface area (Å²) in [7, 11) is 0. The number of para-hydroxylation sites is 2. The first kappa shape index (κ1) is 19.0. The first-order valence-electron chi connectivity index (χ1n) is 8.96. The standard InChI is InChI=1S/C21H13ClN4O2S2/c22-14-7-2-4-9-16(14)26-20(27)13-6-1-3-8-15(13)23-21(26)30-12-18-24-19(25-28-18)17-10-5-11-29-17/h1-11H,12H2. The lowest BCUT2D eigenvalue weighted by Gasteiger charge is -2.13. The zero-order chi connectivity index (χ0) is 20.5. The third-order valence-electron chi connectivity index (χ3n) is 4.37. The molecule has 0 spiro atoms. The molecule has 0 unspecified atom stereocenters. The second-order valence-electron chi connectivity index (χ2n) is 6.28. The fourth-order valence-corrected chi connectivity index (χ4v) is 4.71. The number of fused-ring (bicyclic) bond motifs is 1. The Morgan fingerprint density at radius 3 is 2.70 bits per heavy atom. The molecule has 0 atom stereocenters. The van der Waals surface area contributed by atoms with Gasteiger partial charge in [-0.1, -0.05) is 58.9 Å². The monoisotopic (exact) mass is 452 g/mol. The fourth-order valence-electron chi connectivity index (χ4n) is 3.00. The van der Waals surface area contributed by atoms with Crippen LogP contribution in [0.15, 0.2) is 80.5 Å². The minimum atomic E-state index is -0.180. The lowest BCUT2D eigenvalue weighted by atomic mass is 10.2. The maximum absolute atomic E-state index is 13.3. The van der Waals surface area contributed by atoms with Gasteiger partial charge in [-0.15, -0.1) is 11.3 Å². The van der Waals surface area contributed by atoms with Crippen molar-refractivity contribution >= 4 is 45.6 Å². The summed E-state index contributed by atoms with van der Waals surface area (Å²) < 4.78 is 6.91. The lowest BCUT2D eigenvalue weighted by Crippen LogP contribution is -2.22. The lowest BCUT2D eigenvalue weighted by molar-refractivity contribution is 0.391. The van der Waals surface area contributed by atoms with Crippen LogP contribution in [0.2, 0.25) is 5.02 Å². The van der Waals surface area contributed by atoms with E-state index >= 15 is 0 Å². The Kier molecular flexibility index (Phi) is 5.12. The van der Waals surface area contributed by atoms with Crippen molar-refractivity contribution in [2.45, 2.75) is 10.9 Å². The molecule has 0 N–H and O–H groups in total. The molecule has 0 saturated carbocycles. The van der Waals surface area contributed by atoms with Crippen molar-refractivity contribution in [3.63, 3.8) is 0 Å².